The Hall–Kier alpha value is -1.40. The molecule has 2 N–H and O–H groups in total. The quantitative estimate of drug-likeness (QED) is 0.794. The van der Waals surface area contributed by atoms with Crippen LogP contribution in [0.4, 0.5) is 0 Å². The second-order valence-electron chi connectivity index (χ2n) is 3.73. The Balaban J connectivity index is 2.29. The summed E-state index contributed by atoms with van der Waals surface area (Å²) in [5.41, 5.74) is 1.65. The molecule has 86 valence electrons. The van der Waals surface area contributed by atoms with Gasteiger partial charge in [0, 0.05) is 6.42 Å². The summed E-state index contributed by atoms with van der Waals surface area (Å²) >= 11 is 0. The molecular formula is C10H12N2O3S. The fourth-order valence-electron chi connectivity index (χ4n) is 1.48. The van der Waals surface area contributed by atoms with Gasteiger partial charge in [-0.25, -0.2) is 4.98 Å². The van der Waals surface area contributed by atoms with E-state index in [0.29, 0.717) is 5.82 Å². The van der Waals surface area contributed by atoms with Crippen LogP contribution in [-0.4, -0.2) is 28.2 Å². The summed E-state index contributed by atoms with van der Waals surface area (Å²) in [5.74, 6) is 0.561. The molecule has 16 heavy (non-hydrogen) atoms. The minimum Gasteiger partial charge on any atom is -0.342 e. The molecule has 1 aromatic heterocycles. The third-order valence-corrected chi connectivity index (χ3v) is 3.61. The van der Waals surface area contributed by atoms with Crippen LogP contribution >= 0.6 is 0 Å². The Kier molecular flexibility index (Phi) is 2.69. The van der Waals surface area contributed by atoms with Crippen LogP contribution in [0, 0.1) is 0 Å². The molecule has 0 aliphatic carbocycles. The molecule has 5 nitrogen and oxygen atoms in total. The van der Waals surface area contributed by atoms with E-state index in [-0.39, 0.29) is 6.42 Å². The lowest BCUT2D eigenvalue weighted by Crippen LogP contribution is -2.19. The van der Waals surface area contributed by atoms with E-state index in [2.05, 4.69) is 9.97 Å². The summed E-state index contributed by atoms with van der Waals surface area (Å²) in [6.45, 7) is 1.45. The van der Waals surface area contributed by atoms with Crippen molar-refractivity contribution >= 4 is 21.2 Å². The second kappa shape index (κ2) is 3.88. The minimum absolute atomic E-state index is 0.174. The van der Waals surface area contributed by atoms with Gasteiger partial charge < -0.3 is 4.98 Å². The number of aromatic amines is 1. The van der Waals surface area contributed by atoms with E-state index in [1.165, 1.54) is 6.92 Å². The molecule has 1 unspecified atom stereocenters. The first-order valence-electron chi connectivity index (χ1n) is 4.87. The van der Waals surface area contributed by atoms with Crippen molar-refractivity contribution in [2.75, 3.05) is 0 Å². The summed E-state index contributed by atoms with van der Waals surface area (Å²) in [7, 11) is -4.00. The minimum atomic E-state index is -4.00. The summed E-state index contributed by atoms with van der Waals surface area (Å²) in [5, 5.41) is -0.854. The molecule has 0 radical (unpaired) electrons. The highest BCUT2D eigenvalue weighted by molar-refractivity contribution is 7.86. The molecule has 1 aromatic carbocycles. The van der Waals surface area contributed by atoms with E-state index >= 15 is 0 Å². The lowest BCUT2D eigenvalue weighted by molar-refractivity contribution is 0.468. The Bertz CT molecular complexity index is 570. The molecule has 1 heterocycles. The van der Waals surface area contributed by atoms with Crippen molar-refractivity contribution in [3.8, 4) is 0 Å². The van der Waals surface area contributed by atoms with Crippen molar-refractivity contribution in [2.24, 2.45) is 0 Å². The number of hydrogen-bond donors (Lipinski definition) is 2. The maximum Gasteiger partial charge on any atom is 0.267 e. The van der Waals surface area contributed by atoms with Gasteiger partial charge in [0.15, 0.2) is 0 Å². The number of hydrogen-bond acceptors (Lipinski definition) is 3. The number of nitrogens with one attached hydrogen (secondary N) is 1. The van der Waals surface area contributed by atoms with Gasteiger partial charge in [0.05, 0.1) is 16.3 Å². The van der Waals surface area contributed by atoms with Crippen LogP contribution in [0.15, 0.2) is 24.3 Å². The molecule has 0 saturated carbocycles. The maximum absolute atomic E-state index is 10.9. The molecule has 0 aliphatic heterocycles. The molecule has 0 spiro atoms. The van der Waals surface area contributed by atoms with Crippen LogP contribution in [0.25, 0.3) is 11.0 Å². The van der Waals surface area contributed by atoms with Crippen LogP contribution in [0.3, 0.4) is 0 Å². The van der Waals surface area contributed by atoms with Crippen LogP contribution in [0.5, 0.6) is 0 Å². The number of benzene rings is 1. The summed E-state index contributed by atoms with van der Waals surface area (Å²) in [6, 6.07) is 7.44. The maximum atomic E-state index is 10.9. The van der Waals surface area contributed by atoms with Crippen molar-refractivity contribution in [1.82, 2.24) is 9.97 Å². The van der Waals surface area contributed by atoms with E-state index in [4.69, 9.17) is 4.55 Å². The lowest BCUT2D eigenvalue weighted by Gasteiger charge is -2.04. The molecule has 0 bridgehead atoms. The number of rotatable bonds is 3. The smallest absolute Gasteiger partial charge is 0.267 e. The van der Waals surface area contributed by atoms with Crippen molar-refractivity contribution in [3.63, 3.8) is 0 Å². The first-order chi connectivity index (χ1) is 7.47. The van der Waals surface area contributed by atoms with Crippen molar-refractivity contribution in [2.45, 2.75) is 18.6 Å². The van der Waals surface area contributed by atoms with Gasteiger partial charge in [-0.1, -0.05) is 12.1 Å². The highest BCUT2D eigenvalue weighted by Gasteiger charge is 2.19. The summed E-state index contributed by atoms with van der Waals surface area (Å²) in [6.07, 6.45) is 0.174. The van der Waals surface area contributed by atoms with Crippen LogP contribution < -0.4 is 0 Å². The number of fused-ring (bicyclic) bond motifs is 1. The third kappa shape index (κ3) is 2.23. The zero-order chi connectivity index (χ0) is 11.8. The third-order valence-electron chi connectivity index (χ3n) is 2.43. The van der Waals surface area contributed by atoms with Gasteiger partial charge in [-0.05, 0) is 19.1 Å². The van der Waals surface area contributed by atoms with E-state index in [0.717, 1.165) is 11.0 Å². The fraction of sp³-hybridized carbons (Fsp3) is 0.300. The molecule has 0 fully saturated rings. The number of H-pyrrole nitrogens is 1. The van der Waals surface area contributed by atoms with Gasteiger partial charge in [0.25, 0.3) is 10.1 Å². The summed E-state index contributed by atoms with van der Waals surface area (Å²) in [4.78, 5) is 7.25. The normalized spacial score (nSPS) is 14.1. The topological polar surface area (TPSA) is 83.0 Å². The first kappa shape index (κ1) is 11.1. The van der Waals surface area contributed by atoms with Gasteiger partial charge >= 0.3 is 0 Å². The standard InChI is InChI=1S/C10H12N2O3S/c1-7(16(13,14)15)6-10-11-8-4-2-3-5-9(8)12-10/h2-5,7H,6H2,1H3,(H,11,12)(H,13,14,15). The average Bonchev–Trinajstić information content (AvgIpc) is 2.58. The van der Waals surface area contributed by atoms with Crippen LogP contribution in [-0.2, 0) is 16.5 Å². The molecule has 0 amide bonds. The fourth-order valence-corrected chi connectivity index (χ4v) is 1.85. The highest BCUT2D eigenvalue weighted by atomic mass is 32.2. The average molecular weight is 240 g/mol. The van der Waals surface area contributed by atoms with Gasteiger partial charge in [-0.2, -0.15) is 8.42 Å². The molecular weight excluding hydrogens is 228 g/mol. The van der Waals surface area contributed by atoms with Crippen molar-refractivity contribution in [1.29, 1.82) is 0 Å². The lowest BCUT2D eigenvalue weighted by atomic mass is 10.3. The van der Waals surface area contributed by atoms with Gasteiger partial charge in [-0.15, -0.1) is 0 Å². The molecule has 2 aromatic rings. The Morgan fingerprint density at radius 1 is 1.44 bits per heavy atom. The number of imidazole rings is 1. The van der Waals surface area contributed by atoms with E-state index in [1.807, 2.05) is 24.3 Å². The Labute approximate surface area is 93.3 Å². The number of para-hydroxylation sites is 2. The molecule has 6 heteroatoms. The van der Waals surface area contributed by atoms with Crippen LogP contribution in [0.2, 0.25) is 0 Å². The van der Waals surface area contributed by atoms with E-state index < -0.39 is 15.4 Å². The van der Waals surface area contributed by atoms with Gasteiger partial charge in [-0.3, -0.25) is 4.55 Å². The van der Waals surface area contributed by atoms with Gasteiger partial charge in [0.1, 0.15) is 5.82 Å². The highest BCUT2D eigenvalue weighted by Crippen LogP contribution is 2.13. The monoisotopic (exact) mass is 240 g/mol. The number of aromatic nitrogens is 2. The summed E-state index contributed by atoms with van der Waals surface area (Å²) < 4.78 is 30.6. The van der Waals surface area contributed by atoms with Crippen molar-refractivity contribution < 1.29 is 13.0 Å². The van der Waals surface area contributed by atoms with Crippen molar-refractivity contribution in [3.05, 3.63) is 30.1 Å². The first-order valence-corrected chi connectivity index (χ1v) is 6.37. The second-order valence-corrected chi connectivity index (χ2v) is 5.57. The number of nitrogens with zero attached hydrogens (tertiary/aromatic N) is 1. The molecule has 0 aliphatic rings. The predicted octanol–water partition coefficient (Wildman–Crippen LogP) is 1.38. The zero-order valence-electron chi connectivity index (χ0n) is 8.71. The molecule has 2 rings (SSSR count). The van der Waals surface area contributed by atoms with Gasteiger partial charge in [0.2, 0.25) is 0 Å². The molecule has 1 atom stereocenters. The van der Waals surface area contributed by atoms with E-state index in [1.54, 1.807) is 0 Å². The van der Waals surface area contributed by atoms with E-state index in [9.17, 15) is 8.42 Å². The Morgan fingerprint density at radius 2 is 2.12 bits per heavy atom. The molecule has 0 saturated heterocycles. The SMILES string of the molecule is CC(Cc1nc2ccccc2[nH]1)S(=O)(=O)O. The Morgan fingerprint density at radius 3 is 2.75 bits per heavy atom. The van der Waals surface area contributed by atoms with Crippen LogP contribution in [0.1, 0.15) is 12.7 Å². The largest absolute Gasteiger partial charge is 0.342 e. The zero-order valence-corrected chi connectivity index (χ0v) is 9.53. The predicted molar refractivity (Wildman–Crippen MR) is 60.8 cm³/mol.